The highest BCUT2D eigenvalue weighted by atomic mass is 16.4. The maximum absolute atomic E-state index is 5.63. The molecule has 4 nitrogen and oxygen atoms in total. The first-order chi connectivity index (χ1) is 9.76. The van der Waals surface area contributed by atoms with Gasteiger partial charge in [0.05, 0.1) is 5.69 Å². The van der Waals surface area contributed by atoms with Gasteiger partial charge in [0.2, 0.25) is 0 Å². The van der Waals surface area contributed by atoms with Crippen molar-refractivity contribution in [1.82, 2.24) is 10.3 Å². The normalized spacial score (nSPS) is 14.5. The van der Waals surface area contributed by atoms with Crippen LogP contribution in [-0.2, 0) is 6.54 Å². The van der Waals surface area contributed by atoms with Gasteiger partial charge in [0.25, 0.3) is 0 Å². The highest BCUT2D eigenvalue weighted by molar-refractivity contribution is 5.56. The third-order valence-electron chi connectivity index (χ3n) is 3.58. The number of rotatable bonds is 6. The second-order valence-corrected chi connectivity index (χ2v) is 5.36. The Morgan fingerprint density at radius 2 is 2.05 bits per heavy atom. The zero-order valence-corrected chi connectivity index (χ0v) is 12.1. The maximum Gasteiger partial charge on any atom is 0.302 e. The first kappa shape index (κ1) is 13.2. The van der Waals surface area contributed by atoms with Gasteiger partial charge in [-0.15, -0.1) is 0 Å². The third-order valence-corrected chi connectivity index (χ3v) is 3.58. The highest BCUT2D eigenvalue weighted by Crippen LogP contribution is 2.25. The van der Waals surface area contributed by atoms with Gasteiger partial charge in [-0.2, -0.15) is 4.98 Å². The molecule has 0 spiro atoms. The molecule has 0 aliphatic heterocycles. The summed E-state index contributed by atoms with van der Waals surface area (Å²) in [5.74, 6) is 0. The van der Waals surface area contributed by atoms with E-state index in [0.29, 0.717) is 12.1 Å². The lowest BCUT2D eigenvalue weighted by atomic mass is 10.2. The first-order valence-electron chi connectivity index (χ1n) is 7.28. The van der Waals surface area contributed by atoms with Crippen molar-refractivity contribution in [3.05, 3.63) is 41.8 Å². The van der Waals surface area contributed by atoms with Gasteiger partial charge in [-0.1, -0.05) is 17.7 Å². The quantitative estimate of drug-likeness (QED) is 0.874. The van der Waals surface area contributed by atoms with Crippen LogP contribution in [0.2, 0.25) is 0 Å². The molecule has 0 bridgehead atoms. The molecule has 1 aromatic carbocycles. The van der Waals surface area contributed by atoms with Crippen LogP contribution in [-0.4, -0.2) is 17.6 Å². The van der Waals surface area contributed by atoms with E-state index in [1.807, 2.05) is 0 Å². The number of nitrogens with one attached hydrogen (secondary N) is 1. The molecule has 0 radical (unpaired) electrons. The van der Waals surface area contributed by atoms with Gasteiger partial charge in [0.1, 0.15) is 6.26 Å². The van der Waals surface area contributed by atoms with Crippen LogP contribution >= 0.6 is 0 Å². The molecule has 20 heavy (non-hydrogen) atoms. The van der Waals surface area contributed by atoms with Gasteiger partial charge < -0.3 is 9.73 Å². The molecule has 4 heteroatoms. The molecule has 1 aromatic heterocycles. The Hall–Kier alpha value is -1.81. The lowest BCUT2D eigenvalue weighted by molar-refractivity contribution is 0.552. The third kappa shape index (κ3) is 3.02. The number of benzene rings is 1. The molecular formula is C16H21N3O. The molecular weight excluding hydrogens is 250 g/mol. The smallest absolute Gasteiger partial charge is 0.302 e. The van der Waals surface area contributed by atoms with E-state index in [1.165, 1.54) is 18.4 Å². The Bertz CT molecular complexity index is 557. The summed E-state index contributed by atoms with van der Waals surface area (Å²) in [5, 5.41) is 3.45. The summed E-state index contributed by atoms with van der Waals surface area (Å²) in [5.41, 5.74) is 3.34. The molecule has 1 heterocycles. The van der Waals surface area contributed by atoms with Gasteiger partial charge in [-0.3, -0.25) is 4.90 Å². The average Bonchev–Trinajstić information content (AvgIpc) is 3.18. The van der Waals surface area contributed by atoms with Crippen LogP contribution in [0.3, 0.4) is 0 Å². The van der Waals surface area contributed by atoms with Crippen LogP contribution in [0.25, 0.3) is 0 Å². The summed E-state index contributed by atoms with van der Waals surface area (Å²) >= 11 is 0. The van der Waals surface area contributed by atoms with Crippen LogP contribution < -0.4 is 10.2 Å². The second kappa shape index (κ2) is 5.67. The number of hydrogen-bond acceptors (Lipinski definition) is 4. The van der Waals surface area contributed by atoms with Crippen molar-refractivity contribution in [3.8, 4) is 0 Å². The SMILES string of the molecule is CCN(c1ccc(C)cc1)c1nc(CNC2CC2)co1. The van der Waals surface area contributed by atoms with Crippen molar-refractivity contribution in [2.45, 2.75) is 39.3 Å². The van der Waals surface area contributed by atoms with Crippen LogP contribution in [0.4, 0.5) is 11.7 Å². The Balaban J connectivity index is 1.72. The van der Waals surface area contributed by atoms with Crippen LogP contribution in [0, 0.1) is 6.92 Å². The number of hydrogen-bond donors (Lipinski definition) is 1. The predicted molar refractivity (Wildman–Crippen MR) is 80.2 cm³/mol. The molecule has 1 fully saturated rings. The number of aromatic nitrogens is 1. The zero-order valence-electron chi connectivity index (χ0n) is 12.1. The summed E-state index contributed by atoms with van der Waals surface area (Å²) in [6.45, 7) is 5.82. The Morgan fingerprint density at radius 1 is 1.30 bits per heavy atom. The van der Waals surface area contributed by atoms with Crippen LogP contribution in [0.15, 0.2) is 34.9 Å². The zero-order chi connectivity index (χ0) is 13.9. The van der Waals surface area contributed by atoms with Gasteiger partial charge in [-0.05, 0) is 38.8 Å². The minimum absolute atomic E-state index is 0.670. The lowest BCUT2D eigenvalue weighted by Crippen LogP contribution is -2.17. The molecule has 106 valence electrons. The molecule has 2 aromatic rings. The van der Waals surface area contributed by atoms with E-state index >= 15 is 0 Å². The Labute approximate surface area is 119 Å². The molecule has 1 N–H and O–H groups in total. The monoisotopic (exact) mass is 271 g/mol. The van der Waals surface area contributed by atoms with Gasteiger partial charge in [-0.25, -0.2) is 0 Å². The molecule has 0 amide bonds. The van der Waals surface area contributed by atoms with Crippen LogP contribution in [0.5, 0.6) is 0 Å². The van der Waals surface area contributed by atoms with Crippen molar-refractivity contribution in [2.75, 3.05) is 11.4 Å². The van der Waals surface area contributed by atoms with Gasteiger partial charge in [0.15, 0.2) is 0 Å². The molecule has 1 saturated carbocycles. The number of aryl methyl sites for hydroxylation is 1. The molecule has 1 aliphatic carbocycles. The van der Waals surface area contributed by atoms with Crippen molar-refractivity contribution in [2.24, 2.45) is 0 Å². The second-order valence-electron chi connectivity index (χ2n) is 5.36. The standard InChI is InChI=1S/C16H21N3O/c1-3-19(15-8-4-12(2)5-9-15)16-18-14(11-20-16)10-17-13-6-7-13/h4-5,8-9,11,13,17H,3,6-7,10H2,1-2H3. The molecule has 0 atom stereocenters. The first-order valence-corrected chi connectivity index (χ1v) is 7.28. The Kier molecular flexibility index (Phi) is 3.74. The maximum atomic E-state index is 5.63. The highest BCUT2D eigenvalue weighted by Gasteiger charge is 2.21. The molecule has 0 saturated heterocycles. The van der Waals surface area contributed by atoms with E-state index < -0.39 is 0 Å². The fraction of sp³-hybridized carbons (Fsp3) is 0.438. The van der Waals surface area contributed by atoms with E-state index in [4.69, 9.17) is 4.42 Å². The van der Waals surface area contributed by atoms with Crippen LogP contribution in [0.1, 0.15) is 31.0 Å². The Morgan fingerprint density at radius 3 is 2.70 bits per heavy atom. The number of anilines is 2. The summed E-state index contributed by atoms with van der Waals surface area (Å²) < 4.78 is 5.63. The van der Waals surface area contributed by atoms with E-state index in [9.17, 15) is 0 Å². The van der Waals surface area contributed by atoms with Gasteiger partial charge >= 0.3 is 6.01 Å². The van der Waals surface area contributed by atoms with E-state index in [1.54, 1.807) is 6.26 Å². The fourth-order valence-corrected chi connectivity index (χ4v) is 2.19. The van der Waals surface area contributed by atoms with Crippen molar-refractivity contribution < 1.29 is 4.42 Å². The van der Waals surface area contributed by atoms with E-state index in [2.05, 4.69) is 53.3 Å². The molecule has 3 rings (SSSR count). The summed E-state index contributed by atoms with van der Waals surface area (Å²) in [6, 6.07) is 9.78. The van der Waals surface area contributed by atoms with E-state index in [-0.39, 0.29) is 0 Å². The fourth-order valence-electron chi connectivity index (χ4n) is 2.19. The average molecular weight is 271 g/mol. The minimum Gasteiger partial charge on any atom is -0.431 e. The molecule has 0 unspecified atom stereocenters. The summed E-state index contributed by atoms with van der Waals surface area (Å²) in [7, 11) is 0. The largest absolute Gasteiger partial charge is 0.431 e. The predicted octanol–water partition coefficient (Wildman–Crippen LogP) is 3.39. The molecule has 1 aliphatic rings. The minimum atomic E-state index is 0.670. The van der Waals surface area contributed by atoms with Crippen molar-refractivity contribution in [3.63, 3.8) is 0 Å². The van der Waals surface area contributed by atoms with Crippen molar-refractivity contribution >= 4 is 11.7 Å². The number of nitrogens with zero attached hydrogens (tertiary/aromatic N) is 2. The van der Waals surface area contributed by atoms with Gasteiger partial charge in [0, 0.05) is 24.8 Å². The summed E-state index contributed by atoms with van der Waals surface area (Å²) in [4.78, 5) is 6.66. The van der Waals surface area contributed by atoms with Crippen molar-refractivity contribution in [1.29, 1.82) is 0 Å². The topological polar surface area (TPSA) is 41.3 Å². The number of oxazole rings is 1. The summed E-state index contributed by atoms with van der Waals surface area (Å²) in [6.07, 6.45) is 4.33. The van der Waals surface area contributed by atoms with E-state index in [0.717, 1.165) is 24.5 Å². The lowest BCUT2D eigenvalue weighted by Gasteiger charge is -2.18.